The van der Waals surface area contributed by atoms with E-state index >= 15 is 0 Å². The maximum atomic E-state index is 12.7. The van der Waals surface area contributed by atoms with Crippen molar-refractivity contribution < 1.29 is 9.59 Å². The van der Waals surface area contributed by atoms with Crippen LogP contribution in [0.3, 0.4) is 0 Å². The predicted molar refractivity (Wildman–Crippen MR) is 111 cm³/mol. The first-order valence-electron chi connectivity index (χ1n) is 9.77. The molecular weight excluding hydrogens is 350 g/mol. The van der Waals surface area contributed by atoms with Crippen molar-refractivity contribution in [3.63, 3.8) is 0 Å². The van der Waals surface area contributed by atoms with E-state index < -0.39 is 0 Å². The van der Waals surface area contributed by atoms with Crippen molar-refractivity contribution in [3.05, 3.63) is 66.4 Å². The molecule has 2 aromatic carbocycles. The Hall–Kier alpha value is -3.21. The van der Waals surface area contributed by atoms with E-state index in [2.05, 4.69) is 15.6 Å². The molecule has 5 nitrogen and oxygen atoms in total. The second-order valence-electron chi connectivity index (χ2n) is 7.24. The van der Waals surface area contributed by atoms with Gasteiger partial charge in [-0.1, -0.05) is 43.5 Å². The lowest BCUT2D eigenvalue weighted by molar-refractivity contribution is -0.120. The fourth-order valence-corrected chi connectivity index (χ4v) is 3.75. The van der Waals surface area contributed by atoms with Crippen molar-refractivity contribution >= 4 is 34.1 Å². The predicted octanol–water partition coefficient (Wildman–Crippen LogP) is 5.01. The highest BCUT2D eigenvalue weighted by Gasteiger charge is 2.21. The number of amides is 2. The molecule has 2 amide bonds. The molecule has 0 spiro atoms. The summed E-state index contributed by atoms with van der Waals surface area (Å²) in [5.41, 5.74) is 2.56. The fraction of sp³-hybridized carbons (Fsp3) is 0.261. The lowest BCUT2D eigenvalue weighted by Gasteiger charge is -2.20. The first-order chi connectivity index (χ1) is 13.7. The van der Waals surface area contributed by atoms with E-state index in [1.807, 2.05) is 36.4 Å². The van der Waals surface area contributed by atoms with Crippen molar-refractivity contribution in [2.45, 2.75) is 32.1 Å². The lowest BCUT2D eigenvalue weighted by atomic mass is 9.88. The molecule has 1 heterocycles. The lowest BCUT2D eigenvalue weighted by Crippen LogP contribution is -2.24. The fourth-order valence-electron chi connectivity index (χ4n) is 3.75. The summed E-state index contributed by atoms with van der Waals surface area (Å²) in [6, 6.07) is 16.6. The number of carbonyl (C=O) groups excluding carboxylic acids is 2. The Kier molecular flexibility index (Phi) is 5.33. The Morgan fingerprint density at radius 3 is 2.54 bits per heavy atom. The van der Waals surface area contributed by atoms with Gasteiger partial charge in [0.05, 0.1) is 11.2 Å². The van der Waals surface area contributed by atoms with Crippen LogP contribution in [0.2, 0.25) is 0 Å². The third kappa shape index (κ3) is 4.03. The van der Waals surface area contributed by atoms with E-state index in [1.54, 1.807) is 24.4 Å². The van der Waals surface area contributed by atoms with E-state index in [-0.39, 0.29) is 17.7 Å². The van der Waals surface area contributed by atoms with Crippen LogP contribution in [0.25, 0.3) is 10.9 Å². The number of anilines is 2. The second kappa shape index (κ2) is 8.21. The van der Waals surface area contributed by atoms with Gasteiger partial charge >= 0.3 is 0 Å². The third-order valence-corrected chi connectivity index (χ3v) is 5.25. The summed E-state index contributed by atoms with van der Waals surface area (Å²) in [6.45, 7) is 0. The molecule has 142 valence electrons. The zero-order chi connectivity index (χ0) is 19.3. The molecule has 0 saturated heterocycles. The molecule has 0 aliphatic heterocycles. The van der Waals surface area contributed by atoms with Crippen LogP contribution in [0.15, 0.2) is 60.8 Å². The van der Waals surface area contributed by atoms with Crippen molar-refractivity contribution in [1.29, 1.82) is 0 Å². The Morgan fingerprint density at radius 1 is 0.893 bits per heavy atom. The minimum atomic E-state index is -0.230. The van der Waals surface area contributed by atoms with Crippen LogP contribution >= 0.6 is 0 Å². The van der Waals surface area contributed by atoms with Gasteiger partial charge in [-0.25, -0.2) is 0 Å². The summed E-state index contributed by atoms with van der Waals surface area (Å²) in [7, 11) is 0. The first-order valence-corrected chi connectivity index (χ1v) is 9.77. The smallest absolute Gasteiger partial charge is 0.255 e. The van der Waals surface area contributed by atoms with E-state index in [1.165, 1.54) is 6.42 Å². The third-order valence-electron chi connectivity index (χ3n) is 5.25. The summed E-state index contributed by atoms with van der Waals surface area (Å²) in [6.07, 6.45) is 7.03. The van der Waals surface area contributed by atoms with Crippen LogP contribution in [-0.2, 0) is 4.79 Å². The number of pyridine rings is 1. The number of nitrogens with zero attached hydrogens (tertiary/aromatic N) is 1. The molecule has 5 heteroatoms. The van der Waals surface area contributed by atoms with Crippen molar-refractivity contribution in [2.24, 2.45) is 5.92 Å². The molecule has 0 radical (unpaired) electrons. The number of para-hydroxylation sites is 1. The zero-order valence-electron chi connectivity index (χ0n) is 15.7. The highest BCUT2D eigenvalue weighted by molar-refractivity contribution is 6.09. The van der Waals surface area contributed by atoms with Crippen LogP contribution in [-0.4, -0.2) is 16.8 Å². The number of hydrogen-bond acceptors (Lipinski definition) is 3. The molecule has 0 atom stereocenters. The minimum Gasteiger partial charge on any atom is -0.326 e. The summed E-state index contributed by atoms with van der Waals surface area (Å²) in [5, 5.41) is 6.87. The minimum absolute atomic E-state index is 0.0514. The van der Waals surface area contributed by atoms with Gasteiger partial charge in [-0.15, -0.1) is 0 Å². The van der Waals surface area contributed by atoms with Gasteiger partial charge in [0, 0.05) is 28.8 Å². The average molecular weight is 373 g/mol. The highest BCUT2D eigenvalue weighted by atomic mass is 16.2. The standard InChI is InChI=1S/C23H23N3O2/c27-22(17-7-2-1-3-8-17)25-19-12-4-10-18(15-19)23(28)26-20-13-5-9-16-11-6-14-24-21(16)20/h4-6,9-15,17H,1-3,7-8H2,(H,25,27)(H,26,28). The molecule has 0 bridgehead atoms. The maximum absolute atomic E-state index is 12.7. The number of rotatable bonds is 4. The quantitative estimate of drug-likeness (QED) is 0.675. The summed E-state index contributed by atoms with van der Waals surface area (Å²) in [4.78, 5) is 29.6. The van der Waals surface area contributed by atoms with Gasteiger partial charge in [-0.05, 0) is 43.2 Å². The van der Waals surface area contributed by atoms with Gasteiger partial charge < -0.3 is 10.6 Å². The van der Waals surface area contributed by atoms with Gasteiger partial charge in [0.15, 0.2) is 0 Å². The number of benzene rings is 2. The van der Waals surface area contributed by atoms with Crippen LogP contribution in [0, 0.1) is 5.92 Å². The van der Waals surface area contributed by atoms with Crippen molar-refractivity contribution in [2.75, 3.05) is 10.6 Å². The van der Waals surface area contributed by atoms with Gasteiger partial charge in [0.1, 0.15) is 0 Å². The highest BCUT2D eigenvalue weighted by Crippen LogP contribution is 2.25. The molecule has 3 aromatic rings. The molecule has 1 aromatic heterocycles. The molecule has 4 rings (SSSR count). The van der Waals surface area contributed by atoms with Gasteiger partial charge in [-0.3, -0.25) is 14.6 Å². The zero-order valence-corrected chi connectivity index (χ0v) is 15.7. The molecule has 2 N–H and O–H groups in total. The van der Waals surface area contributed by atoms with E-state index in [0.29, 0.717) is 16.9 Å². The monoisotopic (exact) mass is 373 g/mol. The Balaban J connectivity index is 1.49. The van der Waals surface area contributed by atoms with Gasteiger partial charge in [-0.2, -0.15) is 0 Å². The SMILES string of the molecule is O=C(Nc1cccc2cccnc12)c1cccc(NC(=O)C2CCCCC2)c1. The number of hydrogen-bond donors (Lipinski definition) is 2. The van der Waals surface area contributed by atoms with Crippen molar-refractivity contribution in [1.82, 2.24) is 4.98 Å². The average Bonchev–Trinajstić information content (AvgIpc) is 2.75. The maximum Gasteiger partial charge on any atom is 0.255 e. The largest absolute Gasteiger partial charge is 0.326 e. The Labute approximate surface area is 164 Å². The van der Waals surface area contributed by atoms with E-state index in [9.17, 15) is 9.59 Å². The Morgan fingerprint density at radius 2 is 1.68 bits per heavy atom. The van der Waals surface area contributed by atoms with Crippen LogP contribution < -0.4 is 10.6 Å². The first kappa shape index (κ1) is 18.2. The molecule has 1 aliphatic rings. The summed E-state index contributed by atoms with van der Waals surface area (Å²) < 4.78 is 0. The Bertz CT molecular complexity index is 1000. The van der Waals surface area contributed by atoms with Crippen LogP contribution in [0.5, 0.6) is 0 Å². The van der Waals surface area contributed by atoms with Crippen LogP contribution in [0.1, 0.15) is 42.5 Å². The van der Waals surface area contributed by atoms with Crippen molar-refractivity contribution in [3.8, 4) is 0 Å². The summed E-state index contributed by atoms with van der Waals surface area (Å²) in [5.74, 6) is -0.101. The van der Waals surface area contributed by atoms with Crippen LogP contribution in [0.4, 0.5) is 11.4 Å². The number of carbonyl (C=O) groups is 2. The normalized spacial score (nSPS) is 14.6. The molecule has 0 unspecified atom stereocenters. The molecule has 1 fully saturated rings. The van der Waals surface area contributed by atoms with E-state index in [0.717, 1.165) is 36.6 Å². The number of nitrogens with one attached hydrogen (secondary N) is 2. The van der Waals surface area contributed by atoms with Gasteiger partial charge in [0.2, 0.25) is 5.91 Å². The van der Waals surface area contributed by atoms with E-state index in [4.69, 9.17) is 0 Å². The molecule has 1 saturated carbocycles. The number of fused-ring (bicyclic) bond motifs is 1. The molecule has 28 heavy (non-hydrogen) atoms. The van der Waals surface area contributed by atoms with Gasteiger partial charge in [0.25, 0.3) is 5.91 Å². The molecule has 1 aliphatic carbocycles. The molecular formula is C23H23N3O2. The topological polar surface area (TPSA) is 71.1 Å². The second-order valence-corrected chi connectivity index (χ2v) is 7.24. The summed E-state index contributed by atoms with van der Waals surface area (Å²) >= 11 is 0. The number of aromatic nitrogens is 1.